The molecule has 3 aromatic rings. The molecule has 0 aliphatic carbocycles. The number of nitrogens with one attached hydrogen (secondary N) is 1. The van der Waals surface area contributed by atoms with Crippen LogP contribution in [-0.4, -0.2) is 24.1 Å². The lowest BCUT2D eigenvalue weighted by Crippen LogP contribution is -2.22. The average Bonchev–Trinajstić information content (AvgIpc) is 3.37. The van der Waals surface area contributed by atoms with E-state index >= 15 is 0 Å². The van der Waals surface area contributed by atoms with E-state index in [-0.39, 0.29) is 12.0 Å². The van der Waals surface area contributed by atoms with Gasteiger partial charge in [-0.1, -0.05) is 24.3 Å². The summed E-state index contributed by atoms with van der Waals surface area (Å²) in [4.78, 5) is 17.1. The highest BCUT2D eigenvalue weighted by Gasteiger charge is 2.23. The van der Waals surface area contributed by atoms with Crippen LogP contribution in [-0.2, 0) is 22.4 Å². The van der Waals surface area contributed by atoms with Crippen molar-refractivity contribution < 1.29 is 14.3 Å². The van der Waals surface area contributed by atoms with Crippen LogP contribution in [0.3, 0.4) is 0 Å². The minimum atomic E-state index is -0.193. The quantitative estimate of drug-likeness (QED) is 0.715. The third-order valence-electron chi connectivity index (χ3n) is 5.20. The molecule has 5 rings (SSSR count). The van der Waals surface area contributed by atoms with Gasteiger partial charge in [0.2, 0.25) is 5.91 Å². The Hall–Kier alpha value is -2.70. The van der Waals surface area contributed by atoms with Crippen LogP contribution in [0.15, 0.2) is 47.8 Å². The third-order valence-corrected chi connectivity index (χ3v) is 5.96. The zero-order valence-corrected chi connectivity index (χ0v) is 16.1. The van der Waals surface area contributed by atoms with Crippen molar-refractivity contribution in [3.63, 3.8) is 0 Å². The summed E-state index contributed by atoms with van der Waals surface area (Å²) in [5, 5.41) is 5.51. The molecular weight excluding hydrogens is 372 g/mol. The van der Waals surface area contributed by atoms with Crippen LogP contribution >= 0.6 is 11.3 Å². The Labute approximate surface area is 167 Å². The van der Waals surface area contributed by atoms with Gasteiger partial charge in [0, 0.05) is 17.4 Å². The van der Waals surface area contributed by atoms with E-state index in [2.05, 4.69) is 22.4 Å². The van der Waals surface area contributed by atoms with Crippen molar-refractivity contribution in [1.29, 1.82) is 0 Å². The summed E-state index contributed by atoms with van der Waals surface area (Å²) in [5.41, 5.74) is 5.51. The number of aromatic nitrogens is 1. The van der Waals surface area contributed by atoms with Crippen molar-refractivity contribution in [1.82, 2.24) is 4.98 Å². The molecular formula is C22H20N2O3S. The first-order chi connectivity index (χ1) is 13.8. The molecule has 1 aromatic heterocycles. The Morgan fingerprint density at radius 2 is 2.04 bits per heavy atom. The minimum Gasteiger partial charge on any atom is -0.493 e. The number of amides is 1. The average molecular weight is 392 g/mol. The lowest BCUT2D eigenvalue weighted by molar-refractivity contribution is -0.119. The SMILES string of the molecule is O=C(CC1OCCc2ccccc21)Nc1nc(-c2ccc3c(c2)CCO3)cs1. The first-order valence-electron chi connectivity index (χ1n) is 9.47. The van der Waals surface area contributed by atoms with Crippen molar-refractivity contribution >= 4 is 22.4 Å². The number of anilines is 1. The first kappa shape index (κ1) is 17.4. The van der Waals surface area contributed by atoms with Gasteiger partial charge in [0.1, 0.15) is 5.75 Å². The van der Waals surface area contributed by atoms with Crippen molar-refractivity contribution in [2.75, 3.05) is 18.5 Å². The standard InChI is InChI=1S/C22H20N2O3S/c25-21(12-20-17-4-2-1-3-14(17)7-9-27-20)24-22-23-18(13-28-22)15-5-6-19-16(11-15)8-10-26-19/h1-6,11,13,20H,7-10,12H2,(H,23,24,25). The predicted octanol–water partition coefficient (Wildman–Crippen LogP) is 4.39. The van der Waals surface area contributed by atoms with Gasteiger partial charge in [0.15, 0.2) is 5.13 Å². The monoisotopic (exact) mass is 392 g/mol. The molecule has 1 unspecified atom stereocenters. The molecule has 5 nitrogen and oxygen atoms in total. The summed E-state index contributed by atoms with van der Waals surface area (Å²) in [6.45, 7) is 1.39. The summed E-state index contributed by atoms with van der Waals surface area (Å²) in [6.07, 6.45) is 1.93. The van der Waals surface area contributed by atoms with Gasteiger partial charge in [-0.05, 0) is 41.3 Å². The fourth-order valence-corrected chi connectivity index (χ4v) is 4.53. The van der Waals surface area contributed by atoms with Gasteiger partial charge in [-0.2, -0.15) is 0 Å². The van der Waals surface area contributed by atoms with Gasteiger partial charge in [-0.15, -0.1) is 11.3 Å². The molecule has 2 aromatic carbocycles. The molecule has 3 heterocycles. The van der Waals surface area contributed by atoms with Gasteiger partial charge in [0.25, 0.3) is 0 Å². The fourth-order valence-electron chi connectivity index (χ4n) is 3.79. The van der Waals surface area contributed by atoms with Crippen LogP contribution in [0, 0.1) is 0 Å². The lowest BCUT2D eigenvalue weighted by atomic mass is 9.96. The number of hydrogen-bond acceptors (Lipinski definition) is 5. The second-order valence-corrected chi connectivity index (χ2v) is 7.88. The molecule has 2 aliphatic rings. The Kier molecular flexibility index (Phi) is 4.58. The molecule has 1 atom stereocenters. The highest BCUT2D eigenvalue weighted by Crippen LogP contribution is 2.33. The van der Waals surface area contributed by atoms with E-state index < -0.39 is 0 Å². The van der Waals surface area contributed by atoms with Gasteiger partial charge in [-0.25, -0.2) is 4.98 Å². The van der Waals surface area contributed by atoms with Crippen molar-refractivity contribution in [3.8, 4) is 17.0 Å². The molecule has 0 fully saturated rings. The summed E-state index contributed by atoms with van der Waals surface area (Å²) < 4.78 is 11.4. The molecule has 0 saturated heterocycles. The number of thiazole rings is 1. The van der Waals surface area contributed by atoms with Crippen molar-refractivity contribution in [2.24, 2.45) is 0 Å². The second-order valence-electron chi connectivity index (χ2n) is 7.02. The summed E-state index contributed by atoms with van der Waals surface area (Å²) in [5.74, 6) is 0.880. The predicted molar refractivity (Wildman–Crippen MR) is 109 cm³/mol. The molecule has 0 radical (unpaired) electrons. The number of fused-ring (bicyclic) bond motifs is 2. The molecule has 0 saturated carbocycles. The molecule has 142 valence electrons. The van der Waals surface area contributed by atoms with Gasteiger partial charge >= 0.3 is 0 Å². The van der Waals surface area contributed by atoms with Crippen LogP contribution in [0.1, 0.15) is 29.2 Å². The zero-order chi connectivity index (χ0) is 18.9. The van der Waals surface area contributed by atoms with E-state index in [1.54, 1.807) is 0 Å². The second kappa shape index (κ2) is 7.37. The smallest absolute Gasteiger partial charge is 0.229 e. The van der Waals surface area contributed by atoms with Crippen LogP contribution in [0.5, 0.6) is 5.75 Å². The number of rotatable bonds is 4. The van der Waals surface area contributed by atoms with Crippen LogP contribution < -0.4 is 10.1 Å². The van der Waals surface area contributed by atoms with E-state index in [0.29, 0.717) is 18.2 Å². The number of carbonyl (C=O) groups excluding carboxylic acids is 1. The molecule has 28 heavy (non-hydrogen) atoms. The highest BCUT2D eigenvalue weighted by atomic mass is 32.1. The summed E-state index contributed by atoms with van der Waals surface area (Å²) in [6, 6.07) is 14.3. The van der Waals surface area contributed by atoms with E-state index in [0.717, 1.165) is 42.0 Å². The van der Waals surface area contributed by atoms with Crippen LogP contribution in [0.4, 0.5) is 5.13 Å². The van der Waals surface area contributed by atoms with Gasteiger partial charge in [-0.3, -0.25) is 4.79 Å². The molecule has 1 N–H and O–H groups in total. The molecule has 1 amide bonds. The summed E-state index contributed by atoms with van der Waals surface area (Å²) >= 11 is 1.44. The summed E-state index contributed by atoms with van der Waals surface area (Å²) in [7, 11) is 0. The van der Waals surface area contributed by atoms with Crippen LogP contribution in [0.2, 0.25) is 0 Å². The van der Waals surface area contributed by atoms with E-state index in [1.165, 1.54) is 22.5 Å². The molecule has 2 aliphatic heterocycles. The number of nitrogens with zero attached hydrogens (tertiary/aromatic N) is 1. The molecule has 0 spiro atoms. The first-order valence-corrected chi connectivity index (χ1v) is 10.3. The lowest BCUT2D eigenvalue weighted by Gasteiger charge is -2.25. The fraction of sp³-hybridized carbons (Fsp3) is 0.273. The van der Waals surface area contributed by atoms with Crippen LogP contribution in [0.25, 0.3) is 11.3 Å². The maximum absolute atomic E-state index is 12.5. The number of ether oxygens (including phenoxy) is 2. The molecule has 0 bridgehead atoms. The van der Waals surface area contributed by atoms with E-state index in [1.807, 2.05) is 35.7 Å². The van der Waals surface area contributed by atoms with Crippen molar-refractivity contribution in [2.45, 2.75) is 25.4 Å². The third kappa shape index (κ3) is 3.41. The minimum absolute atomic E-state index is 0.0787. The van der Waals surface area contributed by atoms with Crippen molar-refractivity contribution in [3.05, 3.63) is 64.5 Å². The zero-order valence-electron chi connectivity index (χ0n) is 15.3. The normalized spacial score (nSPS) is 17.5. The number of benzene rings is 2. The van der Waals surface area contributed by atoms with E-state index in [9.17, 15) is 4.79 Å². The van der Waals surface area contributed by atoms with Gasteiger partial charge in [0.05, 0.1) is 31.4 Å². The Morgan fingerprint density at radius 3 is 3.00 bits per heavy atom. The Bertz CT molecular complexity index is 1030. The highest BCUT2D eigenvalue weighted by molar-refractivity contribution is 7.14. The number of carbonyl (C=O) groups is 1. The Morgan fingerprint density at radius 1 is 1.14 bits per heavy atom. The Balaban J connectivity index is 1.27. The maximum atomic E-state index is 12.5. The molecule has 6 heteroatoms. The maximum Gasteiger partial charge on any atom is 0.229 e. The van der Waals surface area contributed by atoms with Gasteiger partial charge < -0.3 is 14.8 Å². The number of hydrogen-bond donors (Lipinski definition) is 1. The van der Waals surface area contributed by atoms with E-state index in [4.69, 9.17) is 9.47 Å². The largest absolute Gasteiger partial charge is 0.493 e. The topological polar surface area (TPSA) is 60.5 Å².